The van der Waals surface area contributed by atoms with Crippen molar-refractivity contribution in [2.75, 3.05) is 26.0 Å². The fraction of sp³-hybridized carbons (Fsp3) is 0.621. The van der Waals surface area contributed by atoms with Gasteiger partial charge in [0.25, 0.3) is 0 Å². The van der Waals surface area contributed by atoms with Crippen LogP contribution in [-0.4, -0.2) is 83.0 Å². The SMILES string of the molecule is CC1CCC(N(C)c2ccc3c(c2O)C(=O)C2C(=O)[C@]4(O)C(=O)C(C(N)=O)C(=O)[C@@H](N(C)C)[C@@H]4C[C@@H]2C3)CC1. The number of nitrogens with zero attached hydrogens (tertiary/aromatic N) is 2. The first kappa shape index (κ1) is 27.5. The van der Waals surface area contributed by atoms with Crippen LogP contribution in [0.15, 0.2) is 12.1 Å². The highest BCUT2D eigenvalue weighted by Crippen LogP contribution is 2.51. The lowest BCUT2D eigenvalue weighted by molar-refractivity contribution is -0.181. The minimum atomic E-state index is -2.71. The van der Waals surface area contributed by atoms with E-state index in [0.29, 0.717) is 17.2 Å². The fourth-order valence-electron chi connectivity index (χ4n) is 7.68. The van der Waals surface area contributed by atoms with Crippen molar-refractivity contribution in [3.8, 4) is 5.75 Å². The Hall–Kier alpha value is -3.11. The molecule has 10 heteroatoms. The van der Waals surface area contributed by atoms with Gasteiger partial charge in [0.2, 0.25) is 5.91 Å². The Balaban J connectivity index is 1.54. The molecule has 4 N–H and O–H groups in total. The first-order valence-corrected chi connectivity index (χ1v) is 13.7. The number of phenols is 1. The van der Waals surface area contributed by atoms with Crippen molar-refractivity contribution in [1.82, 2.24) is 4.90 Å². The van der Waals surface area contributed by atoms with E-state index in [9.17, 15) is 34.2 Å². The van der Waals surface area contributed by atoms with Gasteiger partial charge in [0.05, 0.1) is 23.2 Å². The highest BCUT2D eigenvalue weighted by molar-refractivity contribution is 6.32. The molecule has 1 aromatic carbocycles. The first-order valence-electron chi connectivity index (χ1n) is 13.7. The van der Waals surface area contributed by atoms with Gasteiger partial charge in [-0.1, -0.05) is 13.0 Å². The lowest BCUT2D eigenvalue weighted by Gasteiger charge is -2.52. The molecule has 6 atom stereocenters. The number of carbonyl (C=O) groups is 5. The summed E-state index contributed by atoms with van der Waals surface area (Å²) in [5, 5.41) is 23.0. The maximum Gasteiger partial charge on any atom is 0.235 e. The number of hydrogen-bond acceptors (Lipinski definition) is 9. The van der Waals surface area contributed by atoms with Crippen LogP contribution in [0.1, 0.15) is 54.9 Å². The van der Waals surface area contributed by atoms with Crippen LogP contribution in [0.5, 0.6) is 5.75 Å². The van der Waals surface area contributed by atoms with E-state index < -0.39 is 64.4 Å². The molecule has 2 unspecified atom stereocenters. The molecule has 0 saturated heterocycles. The summed E-state index contributed by atoms with van der Waals surface area (Å²) in [6, 6.07) is 2.71. The largest absolute Gasteiger partial charge is 0.505 e. The number of ketones is 4. The van der Waals surface area contributed by atoms with E-state index in [-0.39, 0.29) is 30.2 Å². The van der Waals surface area contributed by atoms with E-state index in [1.165, 1.54) is 4.90 Å². The summed E-state index contributed by atoms with van der Waals surface area (Å²) in [4.78, 5) is 69.9. The van der Waals surface area contributed by atoms with E-state index >= 15 is 0 Å². The molecule has 210 valence electrons. The Morgan fingerprint density at radius 3 is 2.26 bits per heavy atom. The molecule has 5 rings (SSSR count). The highest BCUT2D eigenvalue weighted by Gasteiger charge is 2.69. The van der Waals surface area contributed by atoms with Crippen molar-refractivity contribution in [3.05, 3.63) is 23.3 Å². The molecule has 0 aliphatic heterocycles. The molecule has 3 saturated carbocycles. The summed E-state index contributed by atoms with van der Waals surface area (Å²) in [6.07, 6.45) is 4.41. The van der Waals surface area contributed by atoms with Crippen molar-refractivity contribution in [2.45, 2.75) is 63.1 Å². The van der Waals surface area contributed by atoms with Gasteiger partial charge in [-0.15, -0.1) is 0 Å². The first-order chi connectivity index (χ1) is 18.3. The zero-order valence-electron chi connectivity index (χ0n) is 22.8. The van der Waals surface area contributed by atoms with Crippen LogP contribution >= 0.6 is 0 Å². The predicted molar refractivity (Wildman–Crippen MR) is 141 cm³/mol. The number of likely N-dealkylation sites (N-methyl/N-ethyl adjacent to an activating group) is 1. The number of phenolic OH excluding ortho intramolecular Hbond substituents is 1. The Bertz CT molecular complexity index is 1270. The normalized spacial score (nSPS) is 36.3. The fourth-order valence-corrected chi connectivity index (χ4v) is 7.68. The summed E-state index contributed by atoms with van der Waals surface area (Å²) in [5.74, 6) is -9.51. The molecule has 0 heterocycles. The number of amides is 1. The molecule has 0 spiro atoms. The Labute approximate surface area is 227 Å². The van der Waals surface area contributed by atoms with E-state index in [4.69, 9.17) is 5.73 Å². The van der Waals surface area contributed by atoms with Crippen LogP contribution in [0.25, 0.3) is 0 Å². The smallest absolute Gasteiger partial charge is 0.235 e. The topological polar surface area (TPSA) is 158 Å². The monoisotopic (exact) mass is 539 g/mol. The summed E-state index contributed by atoms with van der Waals surface area (Å²) < 4.78 is 0. The number of rotatable bonds is 4. The Morgan fingerprint density at radius 1 is 1.03 bits per heavy atom. The average Bonchev–Trinajstić information content (AvgIpc) is 2.86. The molecule has 0 radical (unpaired) electrons. The van der Waals surface area contributed by atoms with Gasteiger partial charge in [0.1, 0.15) is 5.75 Å². The summed E-state index contributed by atoms with van der Waals surface area (Å²) in [7, 11) is 5.02. The molecule has 4 aliphatic carbocycles. The minimum absolute atomic E-state index is 0.0372. The molecule has 3 fully saturated rings. The van der Waals surface area contributed by atoms with Gasteiger partial charge in [-0.25, -0.2) is 0 Å². The molecule has 1 aromatic rings. The second kappa shape index (κ2) is 9.52. The van der Waals surface area contributed by atoms with Gasteiger partial charge in [-0.05, 0) is 76.1 Å². The van der Waals surface area contributed by atoms with Gasteiger partial charge in [-0.3, -0.25) is 28.9 Å². The minimum Gasteiger partial charge on any atom is -0.505 e. The van der Waals surface area contributed by atoms with Crippen LogP contribution in [0.3, 0.4) is 0 Å². The standard InChI is InChI=1S/C29H37N3O7/c1-13-5-8-16(9-6-13)32(4)18-10-7-14-11-15-12-17-22(31(2)3)25(35)21(28(30)38)27(37)29(17,39)26(36)20(15)24(34)19(14)23(18)33/h7,10,13,15-17,20-22,33,39H,5-6,8-9,11-12H2,1-4H3,(H2,30,38)/t13?,15-,16?,17-,20?,21?,22-,29-/m0/s1. The summed E-state index contributed by atoms with van der Waals surface area (Å²) in [5.41, 5.74) is 3.79. The number of carbonyl (C=O) groups excluding carboxylic acids is 5. The van der Waals surface area contributed by atoms with Gasteiger partial charge >= 0.3 is 0 Å². The molecule has 1 amide bonds. The Morgan fingerprint density at radius 2 is 1.67 bits per heavy atom. The maximum absolute atomic E-state index is 13.9. The number of anilines is 1. The lowest BCUT2D eigenvalue weighted by atomic mass is 9.52. The third-order valence-electron chi connectivity index (χ3n) is 9.83. The molecule has 10 nitrogen and oxygen atoms in total. The van der Waals surface area contributed by atoms with Crippen LogP contribution in [0, 0.1) is 29.6 Å². The van der Waals surface area contributed by atoms with Crippen LogP contribution in [-0.2, 0) is 25.6 Å². The number of primary amides is 1. The second-order valence-corrected chi connectivity index (χ2v) is 12.3. The maximum atomic E-state index is 13.9. The zero-order valence-corrected chi connectivity index (χ0v) is 22.8. The zero-order chi connectivity index (χ0) is 28.5. The number of nitrogens with two attached hydrogens (primary N) is 1. The number of benzene rings is 1. The number of aliphatic hydroxyl groups is 1. The molecular formula is C29H37N3O7. The lowest BCUT2D eigenvalue weighted by Crippen LogP contribution is -2.74. The quantitative estimate of drug-likeness (QED) is 0.472. The van der Waals surface area contributed by atoms with Gasteiger partial charge in [0, 0.05) is 19.0 Å². The Kier molecular flexibility index (Phi) is 6.70. The van der Waals surface area contributed by atoms with Crippen molar-refractivity contribution in [3.63, 3.8) is 0 Å². The summed E-state index contributed by atoms with van der Waals surface area (Å²) in [6.45, 7) is 2.22. The molecule has 39 heavy (non-hydrogen) atoms. The molecule has 0 bridgehead atoms. The number of Topliss-reactive ketones (excluding diaryl/α,β-unsaturated/α-hetero) is 4. The van der Waals surface area contributed by atoms with Crippen LogP contribution in [0.4, 0.5) is 5.69 Å². The van der Waals surface area contributed by atoms with Crippen molar-refractivity contribution < 1.29 is 34.2 Å². The van der Waals surface area contributed by atoms with Crippen LogP contribution < -0.4 is 10.6 Å². The van der Waals surface area contributed by atoms with Crippen molar-refractivity contribution >= 4 is 34.7 Å². The molecule has 0 aromatic heterocycles. The van der Waals surface area contributed by atoms with Crippen molar-refractivity contribution in [2.24, 2.45) is 35.3 Å². The molecule has 4 aliphatic rings. The second-order valence-electron chi connectivity index (χ2n) is 12.3. The van der Waals surface area contributed by atoms with E-state index in [1.807, 2.05) is 11.9 Å². The van der Waals surface area contributed by atoms with E-state index in [0.717, 1.165) is 25.7 Å². The van der Waals surface area contributed by atoms with E-state index in [1.54, 1.807) is 26.2 Å². The summed E-state index contributed by atoms with van der Waals surface area (Å²) >= 11 is 0. The number of fused-ring (bicyclic) bond motifs is 3. The molecular weight excluding hydrogens is 502 g/mol. The third-order valence-corrected chi connectivity index (χ3v) is 9.83. The van der Waals surface area contributed by atoms with Gasteiger partial charge < -0.3 is 20.8 Å². The third kappa shape index (κ3) is 3.94. The number of aromatic hydroxyl groups is 1. The number of hydrogen-bond donors (Lipinski definition) is 3. The van der Waals surface area contributed by atoms with Gasteiger partial charge in [0.15, 0.2) is 34.7 Å². The highest BCUT2D eigenvalue weighted by atomic mass is 16.3. The van der Waals surface area contributed by atoms with E-state index in [2.05, 4.69) is 6.92 Å². The van der Waals surface area contributed by atoms with Crippen LogP contribution in [0.2, 0.25) is 0 Å². The average molecular weight is 540 g/mol. The van der Waals surface area contributed by atoms with Gasteiger partial charge in [-0.2, -0.15) is 0 Å². The van der Waals surface area contributed by atoms with Crippen molar-refractivity contribution in [1.29, 1.82) is 0 Å². The predicted octanol–water partition coefficient (Wildman–Crippen LogP) is 0.882.